The van der Waals surface area contributed by atoms with Gasteiger partial charge in [0.1, 0.15) is 18.5 Å². The van der Waals surface area contributed by atoms with E-state index in [1.807, 2.05) is 30.3 Å². The molecule has 0 radical (unpaired) electrons. The molecule has 0 aliphatic heterocycles. The molecule has 1 unspecified atom stereocenters. The van der Waals surface area contributed by atoms with Crippen molar-refractivity contribution in [3.8, 4) is 5.75 Å². The van der Waals surface area contributed by atoms with E-state index in [1.165, 1.54) is 0 Å². The Morgan fingerprint density at radius 3 is 2.56 bits per heavy atom. The predicted octanol–water partition coefficient (Wildman–Crippen LogP) is 1.09. The van der Waals surface area contributed by atoms with E-state index in [1.54, 1.807) is 7.11 Å². The van der Waals surface area contributed by atoms with Gasteiger partial charge in [-0.2, -0.15) is 0 Å². The van der Waals surface area contributed by atoms with E-state index in [0.717, 1.165) is 5.75 Å². The minimum Gasteiger partial charge on any atom is -0.491 e. The van der Waals surface area contributed by atoms with E-state index >= 15 is 0 Å². The molecule has 0 aliphatic carbocycles. The molecule has 4 nitrogen and oxygen atoms in total. The van der Waals surface area contributed by atoms with Crippen molar-refractivity contribution < 1.29 is 19.3 Å². The third kappa shape index (κ3) is 5.70. The molecule has 16 heavy (non-hydrogen) atoms. The average Bonchev–Trinajstić information content (AvgIpc) is 2.30. The van der Waals surface area contributed by atoms with Crippen LogP contribution >= 0.6 is 0 Å². The quantitative estimate of drug-likeness (QED) is 0.674. The number of hydrogen-bond acceptors (Lipinski definition) is 4. The van der Waals surface area contributed by atoms with Gasteiger partial charge in [0.05, 0.1) is 19.8 Å². The first-order chi connectivity index (χ1) is 7.83. The number of ether oxygens (including phenoxy) is 3. The third-order valence-corrected chi connectivity index (χ3v) is 1.91. The summed E-state index contributed by atoms with van der Waals surface area (Å²) in [6.45, 7) is 1.49. The van der Waals surface area contributed by atoms with Crippen LogP contribution in [0.2, 0.25) is 0 Å². The maximum atomic E-state index is 9.27. The number of methoxy groups -OCH3 is 1. The Labute approximate surface area is 95.8 Å². The van der Waals surface area contributed by atoms with Crippen molar-refractivity contribution in [3.05, 3.63) is 30.3 Å². The fraction of sp³-hybridized carbons (Fsp3) is 0.500. The summed E-state index contributed by atoms with van der Waals surface area (Å²) in [5, 5.41) is 9.27. The van der Waals surface area contributed by atoms with Gasteiger partial charge in [-0.1, -0.05) is 18.2 Å². The summed E-state index contributed by atoms with van der Waals surface area (Å²) in [4.78, 5) is 0. The largest absolute Gasteiger partial charge is 0.491 e. The summed E-state index contributed by atoms with van der Waals surface area (Å²) in [5.74, 6) is 0.823. The second kappa shape index (κ2) is 8.10. The van der Waals surface area contributed by atoms with Gasteiger partial charge < -0.3 is 19.3 Å². The van der Waals surface area contributed by atoms with E-state index in [0.29, 0.717) is 19.8 Å². The van der Waals surface area contributed by atoms with Crippen molar-refractivity contribution in [2.75, 3.05) is 33.5 Å². The van der Waals surface area contributed by atoms with Crippen LogP contribution in [-0.4, -0.2) is 44.7 Å². The van der Waals surface area contributed by atoms with Gasteiger partial charge in [-0.05, 0) is 12.1 Å². The molecular formula is C12H18O4. The molecule has 1 atom stereocenters. The van der Waals surface area contributed by atoms with Gasteiger partial charge in [0.2, 0.25) is 0 Å². The molecule has 0 amide bonds. The van der Waals surface area contributed by atoms with Crippen LogP contribution in [0.4, 0.5) is 0 Å². The first-order valence-electron chi connectivity index (χ1n) is 5.25. The molecule has 0 saturated heterocycles. The first kappa shape index (κ1) is 13.0. The second-order valence-corrected chi connectivity index (χ2v) is 3.35. The fourth-order valence-electron chi connectivity index (χ4n) is 1.20. The van der Waals surface area contributed by atoms with Gasteiger partial charge in [0.25, 0.3) is 0 Å². The van der Waals surface area contributed by atoms with Crippen molar-refractivity contribution >= 4 is 0 Å². The smallest absolute Gasteiger partial charge is 0.119 e. The average molecular weight is 226 g/mol. The molecular weight excluding hydrogens is 208 g/mol. The number of aliphatic hydroxyl groups excluding tert-OH is 1. The molecule has 0 fully saturated rings. The van der Waals surface area contributed by atoms with Gasteiger partial charge >= 0.3 is 0 Å². The second-order valence-electron chi connectivity index (χ2n) is 3.35. The van der Waals surface area contributed by atoms with Gasteiger partial charge in [-0.3, -0.25) is 0 Å². The third-order valence-electron chi connectivity index (χ3n) is 1.91. The summed E-state index contributed by atoms with van der Waals surface area (Å²) < 4.78 is 15.4. The summed E-state index contributed by atoms with van der Waals surface area (Å²) in [5.41, 5.74) is 0. The first-order valence-corrected chi connectivity index (χ1v) is 5.25. The lowest BCUT2D eigenvalue weighted by molar-refractivity contribution is -0.0122. The molecule has 0 aliphatic rings. The molecule has 0 aromatic heterocycles. The Hall–Kier alpha value is -1.10. The van der Waals surface area contributed by atoms with E-state index < -0.39 is 6.10 Å². The minimum atomic E-state index is -0.568. The number of benzene rings is 1. The Balaban J connectivity index is 2.00. The van der Waals surface area contributed by atoms with E-state index in [9.17, 15) is 5.11 Å². The lowest BCUT2D eigenvalue weighted by Crippen LogP contribution is -2.22. The molecule has 1 aromatic carbocycles. The number of hydrogen-bond donors (Lipinski definition) is 1. The van der Waals surface area contributed by atoms with Crippen LogP contribution in [0, 0.1) is 0 Å². The molecule has 1 rings (SSSR count). The normalized spacial score (nSPS) is 12.4. The molecule has 4 heteroatoms. The maximum Gasteiger partial charge on any atom is 0.119 e. The highest BCUT2D eigenvalue weighted by molar-refractivity contribution is 5.20. The topological polar surface area (TPSA) is 47.9 Å². The zero-order valence-electron chi connectivity index (χ0n) is 9.46. The predicted molar refractivity (Wildman–Crippen MR) is 60.6 cm³/mol. The standard InChI is InChI=1S/C12H18O4/c1-14-9-11(13)10-15-7-8-16-12-5-3-2-4-6-12/h2-6,11,13H,7-10H2,1H3. The molecule has 1 aromatic rings. The highest BCUT2D eigenvalue weighted by atomic mass is 16.5. The van der Waals surface area contributed by atoms with Crippen molar-refractivity contribution in [1.82, 2.24) is 0 Å². The SMILES string of the molecule is COCC(O)COCCOc1ccccc1. The summed E-state index contributed by atoms with van der Waals surface area (Å²) in [6, 6.07) is 9.54. The molecule has 90 valence electrons. The van der Waals surface area contributed by atoms with Gasteiger partial charge in [0.15, 0.2) is 0 Å². The Morgan fingerprint density at radius 1 is 1.12 bits per heavy atom. The summed E-state index contributed by atoms with van der Waals surface area (Å²) in [6.07, 6.45) is -0.568. The van der Waals surface area contributed by atoms with Gasteiger partial charge in [-0.25, -0.2) is 0 Å². The fourth-order valence-corrected chi connectivity index (χ4v) is 1.20. The highest BCUT2D eigenvalue weighted by Gasteiger charge is 2.02. The van der Waals surface area contributed by atoms with Crippen molar-refractivity contribution in [3.63, 3.8) is 0 Å². The van der Waals surface area contributed by atoms with Crippen LogP contribution in [0.15, 0.2) is 30.3 Å². The Bertz CT molecular complexity index is 263. The lowest BCUT2D eigenvalue weighted by Gasteiger charge is -2.10. The van der Waals surface area contributed by atoms with Crippen LogP contribution in [0.5, 0.6) is 5.75 Å². The summed E-state index contributed by atoms with van der Waals surface area (Å²) in [7, 11) is 1.54. The molecule has 0 heterocycles. The number of aliphatic hydroxyl groups is 1. The minimum absolute atomic E-state index is 0.270. The van der Waals surface area contributed by atoms with Crippen LogP contribution < -0.4 is 4.74 Å². The Morgan fingerprint density at radius 2 is 1.88 bits per heavy atom. The molecule has 0 spiro atoms. The zero-order chi connectivity index (χ0) is 11.6. The zero-order valence-corrected chi connectivity index (χ0v) is 9.46. The van der Waals surface area contributed by atoms with Crippen molar-refractivity contribution in [2.24, 2.45) is 0 Å². The molecule has 0 saturated carbocycles. The monoisotopic (exact) mass is 226 g/mol. The molecule has 0 bridgehead atoms. The molecule has 1 N–H and O–H groups in total. The highest BCUT2D eigenvalue weighted by Crippen LogP contribution is 2.07. The van der Waals surface area contributed by atoms with Crippen LogP contribution in [0.1, 0.15) is 0 Å². The van der Waals surface area contributed by atoms with Crippen LogP contribution in [0.3, 0.4) is 0 Å². The maximum absolute atomic E-state index is 9.27. The number of rotatable bonds is 8. The van der Waals surface area contributed by atoms with Gasteiger partial charge in [-0.15, -0.1) is 0 Å². The van der Waals surface area contributed by atoms with E-state index in [4.69, 9.17) is 14.2 Å². The van der Waals surface area contributed by atoms with Crippen LogP contribution in [0.25, 0.3) is 0 Å². The van der Waals surface area contributed by atoms with Crippen molar-refractivity contribution in [2.45, 2.75) is 6.10 Å². The van der Waals surface area contributed by atoms with Crippen LogP contribution in [-0.2, 0) is 9.47 Å². The van der Waals surface area contributed by atoms with E-state index in [2.05, 4.69) is 0 Å². The lowest BCUT2D eigenvalue weighted by atomic mass is 10.3. The summed E-state index contributed by atoms with van der Waals surface area (Å²) >= 11 is 0. The Kier molecular flexibility index (Phi) is 6.56. The van der Waals surface area contributed by atoms with Crippen molar-refractivity contribution in [1.29, 1.82) is 0 Å². The van der Waals surface area contributed by atoms with Gasteiger partial charge in [0, 0.05) is 7.11 Å². The van der Waals surface area contributed by atoms with E-state index in [-0.39, 0.29) is 6.61 Å². The number of para-hydroxylation sites is 1.